The minimum Gasteiger partial charge on any atom is -0.361 e. The number of nitrogens with one attached hydrogen (secondary N) is 2. The van der Waals surface area contributed by atoms with Gasteiger partial charge in [-0.3, -0.25) is 4.79 Å². The Labute approximate surface area is 124 Å². The molecule has 2 N–H and O–H groups in total. The Morgan fingerprint density at radius 3 is 2.73 bits per heavy atom. The van der Waals surface area contributed by atoms with Gasteiger partial charge in [0, 0.05) is 28.2 Å². The van der Waals surface area contributed by atoms with E-state index in [-0.39, 0.29) is 16.8 Å². The van der Waals surface area contributed by atoms with E-state index in [4.69, 9.17) is 0 Å². The number of aromatic amines is 1. The van der Waals surface area contributed by atoms with E-state index < -0.39 is 17.5 Å². The lowest BCUT2D eigenvalue weighted by Crippen LogP contribution is -2.03. The predicted octanol–water partition coefficient (Wildman–Crippen LogP) is 3.94. The van der Waals surface area contributed by atoms with Gasteiger partial charge in [-0.1, -0.05) is 18.2 Å². The van der Waals surface area contributed by atoms with Crippen LogP contribution in [0.2, 0.25) is 0 Å². The minimum absolute atomic E-state index is 0.0183. The molecule has 3 aromatic rings. The Morgan fingerprint density at radius 2 is 1.86 bits per heavy atom. The summed E-state index contributed by atoms with van der Waals surface area (Å²) in [4.78, 5) is 15.2. The molecule has 5 heteroatoms. The fourth-order valence-electron chi connectivity index (χ4n) is 2.73. The third-order valence-corrected chi connectivity index (χ3v) is 3.78. The molecule has 0 radical (unpaired) electrons. The fraction of sp³-hybridized carbons (Fsp3) is 0. The van der Waals surface area contributed by atoms with Crippen molar-refractivity contribution in [1.82, 2.24) is 4.98 Å². The molecule has 0 unspecified atom stereocenters. The summed E-state index contributed by atoms with van der Waals surface area (Å²) in [5, 5.41) is 3.46. The number of aromatic nitrogens is 1. The van der Waals surface area contributed by atoms with Crippen LogP contribution in [0, 0.1) is 11.6 Å². The number of fused-ring (bicyclic) bond motifs is 2. The Hall–Kier alpha value is -2.95. The summed E-state index contributed by atoms with van der Waals surface area (Å²) in [5.74, 6) is -2.42. The molecule has 2 heterocycles. The molecule has 3 nitrogen and oxygen atoms in total. The number of amides is 1. The second-order valence-corrected chi connectivity index (χ2v) is 5.09. The first-order chi connectivity index (χ1) is 10.6. The van der Waals surface area contributed by atoms with E-state index in [0.29, 0.717) is 0 Å². The van der Waals surface area contributed by atoms with E-state index >= 15 is 0 Å². The van der Waals surface area contributed by atoms with Crippen molar-refractivity contribution >= 4 is 34.1 Å². The van der Waals surface area contributed by atoms with E-state index in [2.05, 4.69) is 10.3 Å². The molecule has 0 spiro atoms. The molecule has 4 rings (SSSR count). The van der Waals surface area contributed by atoms with Crippen molar-refractivity contribution in [2.24, 2.45) is 0 Å². The Balaban J connectivity index is 1.94. The Bertz CT molecular complexity index is 956. The molecular formula is C17H10F2N2O. The molecule has 108 valence electrons. The van der Waals surface area contributed by atoms with Crippen LogP contribution in [0.25, 0.3) is 22.6 Å². The highest BCUT2D eigenvalue weighted by molar-refractivity contribution is 6.35. The smallest absolute Gasteiger partial charge is 0.256 e. The number of rotatable bonds is 1. The highest BCUT2D eigenvalue weighted by atomic mass is 19.2. The van der Waals surface area contributed by atoms with E-state index in [1.807, 2.05) is 24.3 Å². The highest BCUT2D eigenvalue weighted by Crippen LogP contribution is 2.36. The number of hydrogen-bond donors (Lipinski definition) is 2. The predicted molar refractivity (Wildman–Crippen MR) is 81.2 cm³/mol. The lowest BCUT2D eigenvalue weighted by atomic mass is 10.0. The van der Waals surface area contributed by atoms with E-state index in [1.165, 1.54) is 6.07 Å². The van der Waals surface area contributed by atoms with Crippen molar-refractivity contribution in [3.8, 4) is 0 Å². The van der Waals surface area contributed by atoms with Crippen LogP contribution in [0.4, 0.5) is 14.5 Å². The molecule has 0 atom stereocenters. The first-order valence-electron chi connectivity index (χ1n) is 6.72. The number of para-hydroxylation sites is 1. The van der Waals surface area contributed by atoms with Gasteiger partial charge in [0.05, 0.1) is 11.3 Å². The van der Waals surface area contributed by atoms with E-state index in [9.17, 15) is 13.6 Å². The fourth-order valence-corrected chi connectivity index (χ4v) is 2.73. The lowest BCUT2D eigenvalue weighted by molar-refractivity contribution is -0.110. The maximum atomic E-state index is 14.1. The van der Waals surface area contributed by atoms with E-state index in [1.54, 1.807) is 12.3 Å². The van der Waals surface area contributed by atoms with Crippen LogP contribution in [-0.2, 0) is 4.79 Å². The van der Waals surface area contributed by atoms with Gasteiger partial charge in [-0.15, -0.1) is 0 Å². The van der Waals surface area contributed by atoms with Crippen LogP contribution < -0.4 is 5.32 Å². The summed E-state index contributed by atoms with van der Waals surface area (Å²) in [7, 11) is 0. The van der Waals surface area contributed by atoms with Gasteiger partial charge in [0.25, 0.3) is 5.91 Å². The summed E-state index contributed by atoms with van der Waals surface area (Å²) >= 11 is 0. The van der Waals surface area contributed by atoms with Gasteiger partial charge in [0.2, 0.25) is 0 Å². The number of anilines is 1. The van der Waals surface area contributed by atoms with Gasteiger partial charge < -0.3 is 10.3 Å². The molecule has 0 saturated carbocycles. The molecule has 2 aromatic carbocycles. The third-order valence-electron chi connectivity index (χ3n) is 3.78. The first-order valence-corrected chi connectivity index (χ1v) is 6.72. The zero-order chi connectivity index (χ0) is 15.3. The lowest BCUT2D eigenvalue weighted by Gasteiger charge is -2.01. The van der Waals surface area contributed by atoms with Crippen LogP contribution in [0.3, 0.4) is 0 Å². The van der Waals surface area contributed by atoms with Crippen LogP contribution in [0.15, 0.2) is 42.6 Å². The molecule has 0 saturated heterocycles. The molecule has 0 fully saturated rings. The number of benzene rings is 2. The van der Waals surface area contributed by atoms with Gasteiger partial charge in [-0.2, -0.15) is 0 Å². The number of halogens is 2. The average molecular weight is 296 g/mol. The molecule has 0 bridgehead atoms. The number of hydrogen-bond acceptors (Lipinski definition) is 1. The van der Waals surface area contributed by atoms with Gasteiger partial charge >= 0.3 is 0 Å². The monoisotopic (exact) mass is 296 g/mol. The summed E-state index contributed by atoms with van der Waals surface area (Å²) in [6.45, 7) is 0. The first kappa shape index (κ1) is 12.8. The average Bonchev–Trinajstić information content (AvgIpc) is 3.06. The van der Waals surface area contributed by atoms with Gasteiger partial charge in [-0.25, -0.2) is 8.78 Å². The second kappa shape index (κ2) is 4.53. The topological polar surface area (TPSA) is 44.9 Å². The zero-order valence-corrected chi connectivity index (χ0v) is 11.3. The maximum Gasteiger partial charge on any atom is 0.256 e. The van der Waals surface area contributed by atoms with Crippen molar-refractivity contribution in [3.05, 3.63) is 65.4 Å². The van der Waals surface area contributed by atoms with Crippen LogP contribution in [0.1, 0.15) is 11.1 Å². The molecule has 1 aliphatic heterocycles. The van der Waals surface area contributed by atoms with Crippen molar-refractivity contribution in [2.75, 3.05) is 5.32 Å². The summed E-state index contributed by atoms with van der Waals surface area (Å²) in [6.07, 6.45) is 3.31. The van der Waals surface area contributed by atoms with Crippen molar-refractivity contribution in [3.63, 3.8) is 0 Å². The molecule has 1 amide bonds. The van der Waals surface area contributed by atoms with Crippen molar-refractivity contribution in [2.45, 2.75) is 0 Å². The van der Waals surface area contributed by atoms with Crippen molar-refractivity contribution < 1.29 is 13.6 Å². The second-order valence-electron chi connectivity index (χ2n) is 5.09. The molecule has 1 aromatic heterocycles. The van der Waals surface area contributed by atoms with Gasteiger partial charge in [0.15, 0.2) is 11.6 Å². The quantitative estimate of drug-likeness (QED) is 0.656. The van der Waals surface area contributed by atoms with Gasteiger partial charge in [-0.05, 0) is 24.3 Å². The number of carbonyl (C=O) groups is 1. The molecule has 22 heavy (non-hydrogen) atoms. The van der Waals surface area contributed by atoms with Gasteiger partial charge in [0.1, 0.15) is 0 Å². The summed E-state index contributed by atoms with van der Waals surface area (Å²) in [6, 6.07) is 9.93. The standard InChI is InChI=1S/C17H10F2N2O/c18-12-5-6-14-15(16(12)19)11(17(22)21-14)7-9-8-20-13-4-2-1-3-10(9)13/h1-8,20H,(H,21,22). The Morgan fingerprint density at radius 1 is 1.05 bits per heavy atom. The highest BCUT2D eigenvalue weighted by Gasteiger charge is 2.29. The molecule has 1 aliphatic rings. The zero-order valence-electron chi connectivity index (χ0n) is 11.3. The van der Waals surface area contributed by atoms with Crippen LogP contribution >= 0.6 is 0 Å². The SMILES string of the molecule is O=C1Nc2ccc(F)c(F)c2C1=Cc1c[nH]c2ccccc12. The van der Waals surface area contributed by atoms with Crippen LogP contribution in [0.5, 0.6) is 0 Å². The third kappa shape index (κ3) is 1.75. The Kier molecular flexibility index (Phi) is 2.63. The van der Waals surface area contributed by atoms with Crippen molar-refractivity contribution in [1.29, 1.82) is 0 Å². The minimum atomic E-state index is -1.01. The maximum absolute atomic E-state index is 14.1. The largest absolute Gasteiger partial charge is 0.361 e. The van der Waals surface area contributed by atoms with Crippen LogP contribution in [-0.4, -0.2) is 10.9 Å². The number of carbonyl (C=O) groups excluding carboxylic acids is 1. The molecule has 0 aliphatic carbocycles. The van der Waals surface area contributed by atoms with E-state index in [0.717, 1.165) is 22.5 Å². The summed E-state index contributed by atoms with van der Waals surface area (Å²) < 4.78 is 27.5. The molecular weight excluding hydrogens is 286 g/mol. The summed E-state index contributed by atoms with van der Waals surface area (Å²) in [5.41, 5.74) is 2.05. The number of H-pyrrole nitrogens is 1. The normalized spacial score (nSPS) is 15.4.